The van der Waals surface area contributed by atoms with E-state index in [0.29, 0.717) is 0 Å². The van der Waals surface area contributed by atoms with Crippen LogP contribution in [0.25, 0.3) is 99.2 Å². The van der Waals surface area contributed by atoms with Crippen molar-refractivity contribution in [1.82, 2.24) is 24.9 Å². The minimum absolute atomic E-state index is 0.760. The molecule has 0 spiro atoms. The van der Waals surface area contributed by atoms with E-state index in [2.05, 4.69) is 145 Å². The molecule has 10 aromatic rings. The first-order chi connectivity index (χ1) is 23.7. The summed E-state index contributed by atoms with van der Waals surface area (Å²) in [6.45, 7) is 0. The number of aromatic nitrogens is 5. The fourth-order valence-corrected chi connectivity index (χ4v) is 6.73. The van der Waals surface area contributed by atoms with E-state index in [9.17, 15) is 0 Å². The quantitative estimate of drug-likeness (QED) is 0.147. The third kappa shape index (κ3) is 4.44. The second-order valence-electron chi connectivity index (χ2n) is 12.2. The van der Waals surface area contributed by atoms with E-state index in [-0.39, 0.29) is 0 Å². The fourth-order valence-electron chi connectivity index (χ4n) is 6.73. The zero-order chi connectivity index (χ0) is 31.6. The van der Waals surface area contributed by atoms with Crippen molar-refractivity contribution in [3.8, 4) is 34.0 Å². The predicted molar refractivity (Wildman–Crippen MR) is 197 cm³/mol. The molecular weight excluding hydrogens is 587 g/mol. The molecule has 0 aliphatic rings. The van der Waals surface area contributed by atoms with Crippen LogP contribution >= 0.6 is 0 Å². The van der Waals surface area contributed by atoms with E-state index in [0.717, 1.165) is 88.4 Å². The van der Waals surface area contributed by atoms with Crippen LogP contribution in [0.4, 0.5) is 0 Å². The molecule has 0 aliphatic carbocycles. The van der Waals surface area contributed by atoms with Gasteiger partial charge in [0, 0.05) is 33.3 Å². The number of rotatable bonds is 3. The van der Waals surface area contributed by atoms with E-state index in [1.807, 2.05) is 12.3 Å². The summed E-state index contributed by atoms with van der Waals surface area (Å²) >= 11 is 0. The van der Waals surface area contributed by atoms with Crippen molar-refractivity contribution in [2.75, 3.05) is 0 Å². The first-order valence-corrected chi connectivity index (χ1v) is 16.0. The highest BCUT2D eigenvalue weighted by molar-refractivity contribution is 6.03. The maximum absolute atomic E-state index is 5.18. The summed E-state index contributed by atoms with van der Waals surface area (Å²) in [5.74, 6) is 0. The Labute approximate surface area is 275 Å². The summed E-state index contributed by atoms with van der Waals surface area (Å²) < 4.78 is 0. The van der Waals surface area contributed by atoms with Crippen LogP contribution in [0.15, 0.2) is 152 Å². The van der Waals surface area contributed by atoms with E-state index < -0.39 is 0 Å². The van der Waals surface area contributed by atoms with E-state index in [1.165, 1.54) is 10.8 Å². The molecule has 0 atom stereocenters. The van der Waals surface area contributed by atoms with Gasteiger partial charge in [-0.15, -0.1) is 0 Å². The monoisotopic (exact) mass is 611 g/mol. The van der Waals surface area contributed by atoms with Gasteiger partial charge in [0.1, 0.15) is 0 Å². The molecule has 0 bridgehead atoms. The zero-order valence-corrected chi connectivity index (χ0v) is 25.7. The normalized spacial score (nSPS) is 11.8. The van der Waals surface area contributed by atoms with Crippen LogP contribution in [-0.4, -0.2) is 24.9 Å². The Hall–Kier alpha value is -6.59. The molecule has 0 saturated heterocycles. The lowest BCUT2D eigenvalue weighted by Crippen LogP contribution is -1.96. The third-order valence-corrected chi connectivity index (χ3v) is 9.19. The molecule has 5 aromatic heterocycles. The van der Waals surface area contributed by atoms with Gasteiger partial charge in [-0.2, -0.15) is 0 Å². The number of hydrogen-bond donors (Lipinski definition) is 0. The summed E-state index contributed by atoms with van der Waals surface area (Å²) in [4.78, 5) is 25.3. The maximum atomic E-state index is 5.18. The van der Waals surface area contributed by atoms with Crippen LogP contribution in [0, 0.1) is 0 Å². The average molecular weight is 612 g/mol. The van der Waals surface area contributed by atoms with Gasteiger partial charge in [0.2, 0.25) is 0 Å². The van der Waals surface area contributed by atoms with Crippen LogP contribution in [0.1, 0.15) is 0 Å². The molecule has 5 nitrogen and oxygen atoms in total. The number of benzene rings is 5. The Morgan fingerprint density at radius 1 is 0.292 bits per heavy atom. The van der Waals surface area contributed by atoms with Crippen molar-refractivity contribution in [2.45, 2.75) is 0 Å². The molecule has 5 aromatic carbocycles. The number of nitrogens with zero attached hydrogens (tertiary/aromatic N) is 5. The van der Waals surface area contributed by atoms with Gasteiger partial charge in [0.05, 0.1) is 50.5 Å². The Morgan fingerprint density at radius 2 is 0.771 bits per heavy atom. The molecule has 222 valence electrons. The molecular formula is C43H25N5. The SMILES string of the molecule is c1ccc2cc3nc(-c4cc(-c5ccc6ccc7cccnc7c6n5)cc(-c5ccc6cc7ccccc7cc6n5)n4)ccc3cc2c1. The third-order valence-electron chi connectivity index (χ3n) is 9.19. The lowest BCUT2D eigenvalue weighted by atomic mass is 10.0. The zero-order valence-electron chi connectivity index (χ0n) is 25.7. The van der Waals surface area contributed by atoms with Gasteiger partial charge in [-0.3, -0.25) is 4.98 Å². The molecule has 0 radical (unpaired) electrons. The van der Waals surface area contributed by atoms with Gasteiger partial charge < -0.3 is 0 Å². The van der Waals surface area contributed by atoms with Gasteiger partial charge >= 0.3 is 0 Å². The van der Waals surface area contributed by atoms with Gasteiger partial charge in [0.25, 0.3) is 0 Å². The van der Waals surface area contributed by atoms with Crippen molar-refractivity contribution >= 4 is 65.2 Å². The highest BCUT2D eigenvalue weighted by Crippen LogP contribution is 2.33. The summed E-state index contributed by atoms with van der Waals surface area (Å²) in [5.41, 5.74) is 8.49. The van der Waals surface area contributed by atoms with E-state index in [4.69, 9.17) is 19.9 Å². The molecule has 0 aliphatic heterocycles. The van der Waals surface area contributed by atoms with Gasteiger partial charge in [0.15, 0.2) is 0 Å². The van der Waals surface area contributed by atoms with Gasteiger partial charge in [-0.25, -0.2) is 19.9 Å². The summed E-state index contributed by atoms with van der Waals surface area (Å²) in [6.07, 6.45) is 1.82. The Kier molecular flexibility index (Phi) is 5.81. The van der Waals surface area contributed by atoms with Crippen molar-refractivity contribution in [3.05, 3.63) is 152 Å². The van der Waals surface area contributed by atoms with Crippen molar-refractivity contribution in [3.63, 3.8) is 0 Å². The lowest BCUT2D eigenvalue weighted by Gasteiger charge is -2.12. The van der Waals surface area contributed by atoms with Crippen LogP contribution in [0.3, 0.4) is 0 Å². The molecule has 0 amide bonds. The molecule has 0 unspecified atom stereocenters. The average Bonchev–Trinajstić information content (AvgIpc) is 3.15. The molecule has 5 heterocycles. The standard InChI is InChI=1S/C43H25N5/c1-3-8-30-22-38-32(20-28(30)6-1)14-17-36(45-38)40-24-34(35-16-13-27-12-11-26-10-5-19-44-42(26)43(27)48-35)25-41(47-40)37-18-15-33-21-29-7-2-4-9-31(29)23-39(33)46-37/h1-25H. The molecule has 0 N–H and O–H groups in total. The minimum atomic E-state index is 0.760. The number of hydrogen-bond acceptors (Lipinski definition) is 5. The first-order valence-electron chi connectivity index (χ1n) is 16.0. The predicted octanol–water partition coefficient (Wildman–Crippen LogP) is 10.6. The molecule has 48 heavy (non-hydrogen) atoms. The molecule has 0 saturated carbocycles. The maximum Gasteiger partial charge on any atom is 0.0972 e. The van der Waals surface area contributed by atoms with Crippen LogP contribution < -0.4 is 0 Å². The Morgan fingerprint density at radius 3 is 1.38 bits per heavy atom. The summed E-state index contributed by atoms with van der Waals surface area (Å²) in [7, 11) is 0. The minimum Gasteiger partial charge on any atom is -0.254 e. The molecule has 5 heteroatoms. The smallest absolute Gasteiger partial charge is 0.0972 e. The molecule has 10 rings (SSSR count). The molecule has 0 fully saturated rings. The van der Waals surface area contributed by atoms with Crippen LogP contribution in [-0.2, 0) is 0 Å². The summed E-state index contributed by atoms with van der Waals surface area (Å²) in [5, 5.41) is 9.00. The topological polar surface area (TPSA) is 64.5 Å². The van der Waals surface area contributed by atoms with Gasteiger partial charge in [-0.05, 0) is 82.2 Å². The highest BCUT2D eigenvalue weighted by atomic mass is 14.8. The fraction of sp³-hybridized carbons (Fsp3) is 0. The first kappa shape index (κ1) is 26.6. The second kappa shape index (κ2) is 10.5. The lowest BCUT2D eigenvalue weighted by molar-refractivity contribution is 1.24. The van der Waals surface area contributed by atoms with Crippen molar-refractivity contribution < 1.29 is 0 Å². The van der Waals surface area contributed by atoms with Crippen LogP contribution in [0.5, 0.6) is 0 Å². The summed E-state index contributed by atoms with van der Waals surface area (Å²) in [6, 6.07) is 50.4. The largest absolute Gasteiger partial charge is 0.254 e. The van der Waals surface area contributed by atoms with Crippen molar-refractivity contribution in [1.29, 1.82) is 0 Å². The van der Waals surface area contributed by atoms with Crippen LogP contribution in [0.2, 0.25) is 0 Å². The number of pyridine rings is 5. The number of fused-ring (bicyclic) bond motifs is 7. The van der Waals surface area contributed by atoms with Gasteiger partial charge in [-0.1, -0.05) is 84.9 Å². The Bertz CT molecular complexity index is 2780. The Balaban J connectivity index is 1.19. The van der Waals surface area contributed by atoms with E-state index >= 15 is 0 Å². The highest BCUT2D eigenvalue weighted by Gasteiger charge is 2.14. The van der Waals surface area contributed by atoms with Crippen molar-refractivity contribution in [2.24, 2.45) is 0 Å². The van der Waals surface area contributed by atoms with E-state index in [1.54, 1.807) is 0 Å². The second-order valence-corrected chi connectivity index (χ2v) is 12.2.